The summed E-state index contributed by atoms with van der Waals surface area (Å²) in [5.74, 6) is -0.410. The standard InChI is InChI=1S/C31H32N4O6S2/c1-23-11-15-41-29(23)31(37)33-27-8-5-7-24(20-27)25-19-26(22-32-21-25)30(36)34-43(40,28-9-3-2-4-10-28)16-6-12-35-13-17-42(38,39)18-14-35/h2-5,7-11,15,19-22H,6,12-14,16-18H2,1H3,(H,33,37)/t43-/m0/s1. The molecule has 224 valence electrons. The molecule has 3 heterocycles. The smallest absolute Gasteiger partial charge is 0.291 e. The number of carbonyl (C=O) groups excluding carboxylic acids is 2. The fourth-order valence-electron chi connectivity index (χ4n) is 4.78. The Bertz CT molecular complexity index is 1850. The van der Waals surface area contributed by atoms with Crippen LogP contribution < -0.4 is 5.32 Å². The first-order chi connectivity index (χ1) is 20.6. The third-order valence-corrected chi connectivity index (χ3v) is 11.1. The number of carbonyl (C=O) groups is 2. The second-order valence-corrected chi connectivity index (χ2v) is 15.0. The molecular weight excluding hydrogens is 588 g/mol. The number of hydrogen-bond acceptors (Lipinski definition) is 8. The van der Waals surface area contributed by atoms with E-state index in [1.54, 1.807) is 73.8 Å². The Morgan fingerprint density at radius 1 is 1.00 bits per heavy atom. The third kappa shape index (κ3) is 7.64. The van der Waals surface area contributed by atoms with Crippen LogP contribution in [0.1, 0.15) is 32.9 Å². The van der Waals surface area contributed by atoms with Gasteiger partial charge in [0.05, 0.1) is 33.1 Å². The van der Waals surface area contributed by atoms with Crippen molar-refractivity contribution in [2.75, 3.05) is 42.2 Å². The summed E-state index contributed by atoms with van der Waals surface area (Å²) in [4.78, 5) is 32.7. The molecule has 43 heavy (non-hydrogen) atoms. The molecule has 10 nitrogen and oxygen atoms in total. The number of anilines is 1. The molecule has 1 fully saturated rings. The number of hydrogen-bond donors (Lipinski definition) is 1. The highest BCUT2D eigenvalue weighted by atomic mass is 32.2. The maximum Gasteiger partial charge on any atom is 0.291 e. The van der Waals surface area contributed by atoms with E-state index in [4.69, 9.17) is 4.42 Å². The molecule has 0 saturated carbocycles. The summed E-state index contributed by atoms with van der Waals surface area (Å²) in [5.41, 5.74) is 2.78. The van der Waals surface area contributed by atoms with Crippen LogP contribution in [0, 0.1) is 6.92 Å². The average Bonchev–Trinajstić information content (AvgIpc) is 3.44. The zero-order chi connectivity index (χ0) is 30.5. The van der Waals surface area contributed by atoms with Gasteiger partial charge < -0.3 is 14.6 Å². The van der Waals surface area contributed by atoms with Gasteiger partial charge in [-0.3, -0.25) is 14.6 Å². The van der Waals surface area contributed by atoms with Crippen molar-refractivity contribution in [2.24, 2.45) is 4.36 Å². The number of aryl methyl sites for hydroxylation is 1. The molecular formula is C31H32N4O6S2. The van der Waals surface area contributed by atoms with Crippen LogP contribution in [0.2, 0.25) is 0 Å². The molecule has 0 unspecified atom stereocenters. The summed E-state index contributed by atoms with van der Waals surface area (Å²) in [7, 11) is -6.11. The van der Waals surface area contributed by atoms with Crippen LogP contribution in [0.3, 0.4) is 0 Å². The average molecular weight is 621 g/mol. The van der Waals surface area contributed by atoms with Gasteiger partial charge in [-0.15, -0.1) is 0 Å². The maximum absolute atomic E-state index is 14.2. The van der Waals surface area contributed by atoms with Gasteiger partial charge >= 0.3 is 0 Å². The van der Waals surface area contributed by atoms with E-state index in [1.807, 2.05) is 11.0 Å². The SMILES string of the molecule is Cc1ccoc1C(=O)Nc1cccc(-c2cncc(C(=O)N=[S@](=O)(CCCN3CCS(=O)(=O)CC3)c3ccccc3)c2)c1. The number of aromatic nitrogens is 1. The van der Waals surface area contributed by atoms with E-state index in [1.165, 1.54) is 12.5 Å². The number of nitrogens with zero attached hydrogens (tertiary/aromatic N) is 3. The van der Waals surface area contributed by atoms with E-state index < -0.39 is 25.5 Å². The Hall–Kier alpha value is -4.13. The molecule has 5 rings (SSSR count). The molecule has 4 aromatic rings. The molecule has 1 atom stereocenters. The minimum Gasteiger partial charge on any atom is -0.459 e. The van der Waals surface area contributed by atoms with Crippen LogP contribution in [0.15, 0.2) is 99.1 Å². The lowest BCUT2D eigenvalue weighted by molar-refractivity contribution is 0.0991. The lowest BCUT2D eigenvalue weighted by atomic mass is 10.1. The highest BCUT2D eigenvalue weighted by molar-refractivity contribution is 7.94. The van der Waals surface area contributed by atoms with Gasteiger partial charge in [0, 0.05) is 52.9 Å². The summed E-state index contributed by atoms with van der Waals surface area (Å²) in [5, 5.41) is 2.82. The topological polar surface area (TPSA) is 139 Å². The van der Waals surface area contributed by atoms with E-state index in [0.717, 1.165) is 5.56 Å². The largest absolute Gasteiger partial charge is 0.459 e. The van der Waals surface area contributed by atoms with Crippen molar-refractivity contribution in [1.29, 1.82) is 0 Å². The highest BCUT2D eigenvalue weighted by Crippen LogP contribution is 2.25. The molecule has 2 amide bonds. The van der Waals surface area contributed by atoms with Crippen molar-refractivity contribution >= 4 is 37.1 Å². The van der Waals surface area contributed by atoms with Gasteiger partial charge in [-0.05, 0) is 61.9 Å². The van der Waals surface area contributed by atoms with Crippen molar-refractivity contribution < 1.29 is 26.6 Å². The van der Waals surface area contributed by atoms with Gasteiger partial charge in [-0.2, -0.15) is 4.36 Å². The Morgan fingerprint density at radius 2 is 1.77 bits per heavy atom. The summed E-state index contributed by atoms with van der Waals surface area (Å²) in [6, 6.07) is 19.2. The zero-order valence-electron chi connectivity index (χ0n) is 23.6. The van der Waals surface area contributed by atoms with E-state index >= 15 is 0 Å². The third-order valence-electron chi connectivity index (χ3n) is 7.18. The number of amides is 2. The predicted molar refractivity (Wildman–Crippen MR) is 165 cm³/mol. The summed E-state index contributed by atoms with van der Waals surface area (Å²) < 4.78 is 47.2. The highest BCUT2D eigenvalue weighted by Gasteiger charge is 2.23. The van der Waals surface area contributed by atoms with Gasteiger partial charge in [0.2, 0.25) is 0 Å². The van der Waals surface area contributed by atoms with Gasteiger partial charge in [-0.1, -0.05) is 30.3 Å². The molecule has 1 N–H and O–H groups in total. The van der Waals surface area contributed by atoms with E-state index in [-0.39, 0.29) is 34.5 Å². The van der Waals surface area contributed by atoms with Crippen LogP contribution in [-0.4, -0.2) is 71.2 Å². The number of benzene rings is 2. The molecule has 1 saturated heterocycles. The minimum atomic E-state index is -3.12. The predicted octanol–water partition coefficient (Wildman–Crippen LogP) is 4.69. The van der Waals surface area contributed by atoms with Crippen molar-refractivity contribution in [3.05, 3.63) is 102 Å². The summed E-state index contributed by atoms with van der Waals surface area (Å²) >= 11 is 0. The van der Waals surface area contributed by atoms with Gasteiger partial charge in [-0.25, -0.2) is 12.6 Å². The van der Waals surface area contributed by atoms with Crippen molar-refractivity contribution in [2.45, 2.75) is 18.2 Å². The van der Waals surface area contributed by atoms with Gasteiger partial charge in [0.25, 0.3) is 11.8 Å². The molecule has 2 aromatic carbocycles. The van der Waals surface area contributed by atoms with Crippen LogP contribution in [0.25, 0.3) is 11.1 Å². The van der Waals surface area contributed by atoms with E-state index in [9.17, 15) is 22.2 Å². The van der Waals surface area contributed by atoms with Crippen LogP contribution in [0.5, 0.6) is 0 Å². The van der Waals surface area contributed by atoms with Gasteiger partial charge in [0.1, 0.15) is 0 Å². The summed E-state index contributed by atoms with van der Waals surface area (Å²) in [6.07, 6.45) is 4.93. The Labute approximate surface area is 251 Å². The normalized spacial score (nSPS) is 16.2. The molecule has 0 spiro atoms. The lowest BCUT2D eigenvalue weighted by Gasteiger charge is -2.26. The van der Waals surface area contributed by atoms with Crippen LogP contribution in [-0.2, 0) is 19.6 Å². The monoisotopic (exact) mass is 620 g/mol. The van der Waals surface area contributed by atoms with Crippen molar-refractivity contribution in [3.63, 3.8) is 0 Å². The van der Waals surface area contributed by atoms with E-state index in [2.05, 4.69) is 14.7 Å². The molecule has 0 aliphatic carbocycles. The number of pyridine rings is 1. The number of rotatable bonds is 9. The fourth-order valence-corrected chi connectivity index (χ4v) is 7.96. The Kier molecular flexibility index (Phi) is 9.19. The molecule has 2 aromatic heterocycles. The number of sulfone groups is 1. The van der Waals surface area contributed by atoms with Crippen LogP contribution in [0.4, 0.5) is 5.69 Å². The first-order valence-corrected chi connectivity index (χ1v) is 17.3. The molecule has 0 radical (unpaired) electrons. The quantitative estimate of drug-likeness (QED) is 0.284. The number of nitrogens with one attached hydrogen (secondary N) is 1. The van der Waals surface area contributed by atoms with E-state index in [0.29, 0.717) is 47.8 Å². The van der Waals surface area contributed by atoms with Crippen LogP contribution >= 0.6 is 0 Å². The molecule has 1 aliphatic rings. The minimum absolute atomic E-state index is 0.117. The molecule has 1 aliphatic heterocycles. The maximum atomic E-state index is 14.2. The second-order valence-electron chi connectivity index (χ2n) is 10.3. The lowest BCUT2D eigenvalue weighted by Crippen LogP contribution is -2.41. The molecule has 12 heteroatoms. The second kappa shape index (κ2) is 13.0. The van der Waals surface area contributed by atoms with Crippen molar-refractivity contribution in [3.8, 4) is 11.1 Å². The first-order valence-electron chi connectivity index (χ1n) is 13.8. The van der Waals surface area contributed by atoms with Gasteiger partial charge in [0.15, 0.2) is 15.6 Å². The Balaban J connectivity index is 1.35. The van der Waals surface area contributed by atoms with Crippen molar-refractivity contribution in [1.82, 2.24) is 9.88 Å². The first kappa shape index (κ1) is 30.3. The number of furan rings is 1. The Morgan fingerprint density at radius 3 is 2.49 bits per heavy atom. The molecule has 0 bridgehead atoms. The summed E-state index contributed by atoms with van der Waals surface area (Å²) in [6.45, 7) is 3.23. The zero-order valence-corrected chi connectivity index (χ0v) is 25.3. The fraction of sp³-hybridized carbons (Fsp3) is 0.258.